The van der Waals surface area contributed by atoms with Crippen LogP contribution in [0.25, 0.3) is 0 Å². The highest BCUT2D eigenvalue weighted by atomic mass is 35.5. The minimum absolute atomic E-state index is 0.202. The van der Waals surface area contributed by atoms with Crippen LogP contribution in [0.4, 0.5) is 0 Å². The highest BCUT2D eigenvalue weighted by Crippen LogP contribution is 2.24. The fraction of sp³-hybridized carbons (Fsp3) is 0.308. The molecule has 4 heteroatoms. The molecule has 3 nitrogen and oxygen atoms in total. The van der Waals surface area contributed by atoms with E-state index in [0.717, 1.165) is 16.1 Å². The lowest BCUT2D eigenvalue weighted by molar-refractivity contribution is 0.495. The van der Waals surface area contributed by atoms with Crippen molar-refractivity contribution >= 4 is 11.6 Å². The van der Waals surface area contributed by atoms with Crippen molar-refractivity contribution in [3.05, 3.63) is 52.8 Å². The number of nitrogens with zero attached hydrogens (tertiary/aromatic N) is 1. The van der Waals surface area contributed by atoms with Crippen molar-refractivity contribution in [2.75, 3.05) is 0 Å². The summed E-state index contributed by atoms with van der Waals surface area (Å²) in [5.74, 6) is 0. The van der Waals surface area contributed by atoms with Gasteiger partial charge in [-0.15, -0.1) is 0 Å². The Kier molecular flexibility index (Phi) is 3.82. The smallest absolute Gasteiger partial charge is 0.0534 e. The van der Waals surface area contributed by atoms with Gasteiger partial charge in [-0.2, -0.15) is 5.10 Å². The molecule has 1 aromatic carbocycles. The fourth-order valence-corrected chi connectivity index (χ4v) is 2.18. The third-order valence-electron chi connectivity index (χ3n) is 2.89. The Morgan fingerprint density at radius 2 is 2.00 bits per heavy atom. The Bertz CT molecular complexity index is 467. The van der Waals surface area contributed by atoms with Gasteiger partial charge in [0, 0.05) is 28.9 Å². The lowest BCUT2D eigenvalue weighted by Crippen LogP contribution is -2.22. The third-order valence-corrected chi connectivity index (χ3v) is 3.24. The average Bonchev–Trinajstić information content (AvgIpc) is 2.82. The predicted molar refractivity (Wildman–Crippen MR) is 70.0 cm³/mol. The number of nitrogens with one attached hydrogen (secondary N) is 2. The van der Waals surface area contributed by atoms with Gasteiger partial charge in [-0.25, -0.2) is 0 Å². The summed E-state index contributed by atoms with van der Waals surface area (Å²) in [6.45, 7) is 4.22. The minimum Gasteiger partial charge on any atom is -0.303 e. The fourth-order valence-electron chi connectivity index (χ4n) is 1.88. The molecular weight excluding hydrogens is 234 g/mol. The van der Waals surface area contributed by atoms with E-state index in [1.807, 2.05) is 36.7 Å². The summed E-state index contributed by atoms with van der Waals surface area (Å²) in [6, 6.07) is 8.34. The minimum atomic E-state index is 0.202. The van der Waals surface area contributed by atoms with Crippen molar-refractivity contribution in [1.82, 2.24) is 15.5 Å². The summed E-state index contributed by atoms with van der Waals surface area (Å²) in [5, 5.41) is 11.1. The number of aromatic nitrogens is 2. The molecule has 2 atom stereocenters. The molecule has 2 N–H and O–H groups in total. The summed E-state index contributed by atoms with van der Waals surface area (Å²) in [5.41, 5.74) is 2.26. The molecule has 0 fully saturated rings. The highest BCUT2D eigenvalue weighted by Gasteiger charge is 2.13. The van der Waals surface area contributed by atoms with Crippen LogP contribution in [0.15, 0.2) is 36.7 Å². The van der Waals surface area contributed by atoms with Crippen LogP contribution in [0.3, 0.4) is 0 Å². The van der Waals surface area contributed by atoms with Gasteiger partial charge in [0.15, 0.2) is 0 Å². The lowest BCUT2D eigenvalue weighted by Gasteiger charge is -2.20. The standard InChI is InChI=1S/C13H16ClN3/c1-9(11-7-15-16-8-11)17-10(2)12-5-3-4-6-13(12)14/h3-10,17H,1-2H3,(H,15,16)/t9?,10-/m0/s1. The van der Waals surface area contributed by atoms with Crippen molar-refractivity contribution < 1.29 is 0 Å². The molecule has 0 bridgehead atoms. The monoisotopic (exact) mass is 249 g/mol. The molecule has 0 radical (unpaired) electrons. The van der Waals surface area contributed by atoms with Crippen molar-refractivity contribution in [1.29, 1.82) is 0 Å². The van der Waals surface area contributed by atoms with Gasteiger partial charge in [0.25, 0.3) is 0 Å². The number of hydrogen-bond acceptors (Lipinski definition) is 2. The van der Waals surface area contributed by atoms with Crippen LogP contribution in [-0.4, -0.2) is 10.2 Å². The second-order valence-corrected chi connectivity index (χ2v) is 4.57. The molecule has 1 heterocycles. The lowest BCUT2D eigenvalue weighted by atomic mass is 10.1. The van der Waals surface area contributed by atoms with Gasteiger partial charge in [0.2, 0.25) is 0 Å². The number of hydrogen-bond donors (Lipinski definition) is 2. The van der Waals surface area contributed by atoms with Crippen molar-refractivity contribution in [3.63, 3.8) is 0 Å². The van der Waals surface area contributed by atoms with E-state index in [-0.39, 0.29) is 12.1 Å². The van der Waals surface area contributed by atoms with Crippen LogP contribution in [0, 0.1) is 0 Å². The number of rotatable bonds is 4. The molecule has 0 spiro atoms. The first kappa shape index (κ1) is 12.1. The van der Waals surface area contributed by atoms with Gasteiger partial charge in [0.05, 0.1) is 6.20 Å². The SMILES string of the molecule is CC(N[C@@H](C)c1ccccc1Cl)c1cn[nH]c1. The molecule has 17 heavy (non-hydrogen) atoms. The summed E-state index contributed by atoms with van der Waals surface area (Å²) in [7, 11) is 0. The van der Waals surface area contributed by atoms with Gasteiger partial charge in [0.1, 0.15) is 0 Å². The van der Waals surface area contributed by atoms with Gasteiger partial charge in [-0.05, 0) is 25.5 Å². The molecule has 90 valence electrons. The van der Waals surface area contributed by atoms with Crippen LogP contribution < -0.4 is 5.32 Å². The zero-order valence-corrected chi connectivity index (χ0v) is 10.7. The largest absolute Gasteiger partial charge is 0.303 e. The van der Waals surface area contributed by atoms with Crippen molar-refractivity contribution in [2.24, 2.45) is 0 Å². The maximum absolute atomic E-state index is 6.17. The van der Waals surface area contributed by atoms with Gasteiger partial charge >= 0.3 is 0 Å². The summed E-state index contributed by atoms with van der Waals surface area (Å²) >= 11 is 6.17. The van der Waals surface area contributed by atoms with Crippen LogP contribution in [-0.2, 0) is 0 Å². The molecule has 2 rings (SSSR count). The van der Waals surface area contributed by atoms with Gasteiger partial charge in [-0.3, -0.25) is 5.10 Å². The van der Waals surface area contributed by atoms with Crippen LogP contribution in [0.1, 0.15) is 37.1 Å². The number of aromatic amines is 1. The molecule has 0 aliphatic rings. The molecule has 0 aliphatic heterocycles. The Morgan fingerprint density at radius 1 is 1.24 bits per heavy atom. The molecule has 0 amide bonds. The second kappa shape index (κ2) is 5.34. The van der Waals surface area contributed by atoms with Crippen LogP contribution >= 0.6 is 11.6 Å². The van der Waals surface area contributed by atoms with E-state index in [0.29, 0.717) is 0 Å². The Hall–Kier alpha value is -1.32. The van der Waals surface area contributed by atoms with E-state index in [1.165, 1.54) is 0 Å². The summed E-state index contributed by atoms with van der Waals surface area (Å²) < 4.78 is 0. The predicted octanol–water partition coefficient (Wildman–Crippen LogP) is 3.47. The van der Waals surface area contributed by atoms with E-state index >= 15 is 0 Å². The van der Waals surface area contributed by atoms with Crippen LogP contribution in [0.2, 0.25) is 5.02 Å². The normalized spacial score (nSPS) is 14.5. The zero-order chi connectivity index (χ0) is 12.3. The van der Waals surface area contributed by atoms with E-state index in [2.05, 4.69) is 29.4 Å². The molecule has 1 aromatic heterocycles. The first-order valence-corrected chi connectivity index (χ1v) is 6.05. The zero-order valence-electron chi connectivity index (χ0n) is 9.94. The van der Waals surface area contributed by atoms with E-state index in [1.54, 1.807) is 0 Å². The van der Waals surface area contributed by atoms with E-state index < -0.39 is 0 Å². The number of H-pyrrole nitrogens is 1. The maximum Gasteiger partial charge on any atom is 0.0534 e. The number of benzene rings is 1. The number of halogens is 1. The van der Waals surface area contributed by atoms with Gasteiger partial charge in [-0.1, -0.05) is 29.8 Å². The topological polar surface area (TPSA) is 40.7 Å². The molecule has 1 unspecified atom stereocenters. The Balaban J connectivity index is 2.07. The molecule has 0 aliphatic carbocycles. The van der Waals surface area contributed by atoms with Crippen molar-refractivity contribution in [2.45, 2.75) is 25.9 Å². The Labute approximate surface area is 106 Å². The quantitative estimate of drug-likeness (QED) is 0.871. The third kappa shape index (κ3) is 2.87. The van der Waals surface area contributed by atoms with E-state index in [9.17, 15) is 0 Å². The molecule has 0 saturated heterocycles. The summed E-state index contributed by atoms with van der Waals surface area (Å²) in [4.78, 5) is 0. The summed E-state index contributed by atoms with van der Waals surface area (Å²) in [6.07, 6.45) is 3.73. The Morgan fingerprint density at radius 3 is 2.65 bits per heavy atom. The average molecular weight is 250 g/mol. The maximum atomic E-state index is 6.17. The highest BCUT2D eigenvalue weighted by molar-refractivity contribution is 6.31. The molecular formula is C13H16ClN3. The molecule has 2 aromatic rings. The van der Waals surface area contributed by atoms with Crippen molar-refractivity contribution in [3.8, 4) is 0 Å². The van der Waals surface area contributed by atoms with Crippen LogP contribution in [0.5, 0.6) is 0 Å². The first-order valence-electron chi connectivity index (χ1n) is 5.67. The first-order chi connectivity index (χ1) is 8.18. The second-order valence-electron chi connectivity index (χ2n) is 4.16. The van der Waals surface area contributed by atoms with E-state index in [4.69, 9.17) is 11.6 Å². The molecule has 0 saturated carbocycles. The van der Waals surface area contributed by atoms with Gasteiger partial charge < -0.3 is 5.32 Å².